The van der Waals surface area contributed by atoms with Crippen LogP contribution in [0, 0.1) is 17.2 Å². The maximum atomic E-state index is 11.3. The molecule has 0 aromatic heterocycles. The zero-order chi connectivity index (χ0) is 13.4. The number of allylic oxidation sites excluding steroid dienone is 3. The number of hydrogen-bond donors (Lipinski definition) is 1. The Kier molecular flexibility index (Phi) is 6.04. The van der Waals surface area contributed by atoms with Crippen LogP contribution in [0.25, 0.3) is 0 Å². The van der Waals surface area contributed by atoms with Crippen molar-refractivity contribution in [3.8, 4) is 6.07 Å². The lowest BCUT2D eigenvalue weighted by Gasteiger charge is -2.10. The molecule has 0 radical (unpaired) electrons. The van der Waals surface area contributed by atoms with Gasteiger partial charge in [-0.2, -0.15) is 5.26 Å². The minimum Gasteiger partial charge on any atom is -0.478 e. The van der Waals surface area contributed by atoms with Crippen LogP contribution in [-0.2, 0) is 14.3 Å². The van der Waals surface area contributed by atoms with E-state index in [2.05, 4.69) is 11.3 Å². The number of nitriles is 1. The highest BCUT2D eigenvalue weighted by atomic mass is 16.5. The maximum Gasteiger partial charge on any atom is 0.334 e. The maximum absolute atomic E-state index is 11.3. The molecule has 0 bridgehead atoms. The van der Waals surface area contributed by atoms with Crippen LogP contribution in [0.2, 0.25) is 0 Å². The van der Waals surface area contributed by atoms with Crippen molar-refractivity contribution in [2.45, 2.75) is 6.92 Å². The van der Waals surface area contributed by atoms with E-state index < -0.39 is 17.9 Å². The zero-order valence-corrected chi connectivity index (χ0v) is 9.64. The van der Waals surface area contributed by atoms with Crippen LogP contribution in [0.1, 0.15) is 6.92 Å². The topological polar surface area (TPSA) is 87.4 Å². The number of esters is 1. The van der Waals surface area contributed by atoms with Gasteiger partial charge in [-0.15, -0.1) is 0 Å². The summed E-state index contributed by atoms with van der Waals surface area (Å²) < 4.78 is 4.48. The van der Waals surface area contributed by atoms with Crippen molar-refractivity contribution in [3.05, 3.63) is 36.0 Å². The molecule has 0 heterocycles. The number of nitrogens with zero attached hydrogens (tertiary/aromatic N) is 1. The van der Waals surface area contributed by atoms with Crippen LogP contribution in [0.5, 0.6) is 0 Å². The summed E-state index contributed by atoms with van der Waals surface area (Å²) in [5.41, 5.74) is 0.127. The van der Waals surface area contributed by atoms with E-state index in [1.807, 2.05) is 0 Å². The summed E-state index contributed by atoms with van der Waals surface area (Å²) in [5.74, 6) is -2.41. The number of aliphatic carboxylic acids is 1. The van der Waals surface area contributed by atoms with Gasteiger partial charge in [-0.3, -0.25) is 0 Å². The largest absolute Gasteiger partial charge is 0.478 e. The average Bonchev–Trinajstić information content (AvgIpc) is 2.31. The molecule has 5 heteroatoms. The molecule has 17 heavy (non-hydrogen) atoms. The monoisotopic (exact) mass is 235 g/mol. The molecule has 0 spiro atoms. The van der Waals surface area contributed by atoms with Gasteiger partial charge in [-0.25, -0.2) is 9.59 Å². The number of hydrogen-bond acceptors (Lipinski definition) is 4. The van der Waals surface area contributed by atoms with Gasteiger partial charge < -0.3 is 9.84 Å². The molecule has 90 valence electrons. The lowest BCUT2D eigenvalue weighted by atomic mass is 9.97. The van der Waals surface area contributed by atoms with Gasteiger partial charge in [0.15, 0.2) is 0 Å². The van der Waals surface area contributed by atoms with Crippen molar-refractivity contribution in [2.24, 2.45) is 5.92 Å². The van der Waals surface area contributed by atoms with Gasteiger partial charge in [0.25, 0.3) is 0 Å². The summed E-state index contributed by atoms with van der Waals surface area (Å²) in [6.07, 6.45) is 3.87. The van der Waals surface area contributed by atoms with Gasteiger partial charge in [-0.05, 0) is 6.92 Å². The van der Waals surface area contributed by atoms with Crippen LogP contribution in [0.15, 0.2) is 36.0 Å². The third kappa shape index (κ3) is 4.80. The van der Waals surface area contributed by atoms with Gasteiger partial charge in [0.1, 0.15) is 0 Å². The van der Waals surface area contributed by atoms with E-state index in [0.717, 1.165) is 6.08 Å². The van der Waals surface area contributed by atoms with Gasteiger partial charge in [0.2, 0.25) is 0 Å². The van der Waals surface area contributed by atoms with Crippen LogP contribution in [0.3, 0.4) is 0 Å². The first-order valence-corrected chi connectivity index (χ1v) is 4.69. The molecule has 0 aromatic rings. The molecule has 0 amide bonds. The summed E-state index contributed by atoms with van der Waals surface area (Å²) in [4.78, 5) is 21.9. The summed E-state index contributed by atoms with van der Waals surface area (Å²) in [5, 5.41) is 17.1. The fourth-order valence-electron chi connectivity index (χ4n) is 1.03. The van der Waals surface area contributed by atoms with Crippen molar-refractivity contribution in [1.82, 2.24) is 0 Å². The molecular weight excluding hydrogens is 222 g/mol. The van der Waals surface area contributed by atoms with E-state index in [4.69, 9.17) is 10.4 Å². The molecule has 0 saturated carbocycles. The normalized spacial score (nSPS) is 12.9. The molecule has 0 rings (SSSR count). The van der Waals surface area contributed by atoms with E-state index in [-0.39, 0.29) is 11.1 Å². The van der Waals surface area contributed by atoms with Crippen molar-refractivity contribution < 1.29 is 19.4 Å². The summed E-state index contributed by atoms with van der Waals surface area (Å²) in [6, 6.07) is 1.76. The Hall–Kier alpha value is -2.35. The fourth-order valence-corrected chi connectivity index (χ4v) is 1.03. The number of carboxylic acid groups (broad SMARTS) is 1. The summed E-state index contributed by atoms with van der Waals surface area (Å²) in [7, 11) is 1.20. The molecule has 1 unspecified atom stereocenters. The summed E-state index contributed by atoms with van der Waals surface area (Å²) in [6.45, 7) is 4.91. The standard InChI is InChI=1S/C12H13NO4/c1-8(11(14)15)7-10(5-4-6-13)9(2)12(16)17-3/h4-5,7,10H,2H2,1,3H3,(H,14,15). The van der Waals surface area contributed by atoms with Crippen LogP contribution < -0.4 is 0 Å². The number of methoxy groups -OCH3 is 1. The fraction of sp³-hybridized carbons (Fsp3) is 0.250. The van der Waals surface area contributed by atoms with E-state index in [0.29, 0.717) is 0 Å². The molecule has 1 atom stereocenters. The van der Waals surface area contributed by atoms with Crippen molar-refractivity contribution in [3.63, 3.8) is 0 Å². The quantitative estimate of drug-likeness (QED) is 0.442. The van der Waals surface area contributed by atoms with Gasteiger partial charge >= 0.3 is 11.9 Å². The highest BCUT2D eigenvalue weighted by Gasteiger charge is 2.16. The Morgan fingerprint density at radius 1 is 1.53 bits per heavy atom. The second-order valence-electron chi connectivity index (χ2n) is 3.19. The third-order valence-electron chi connectivity index (χ3n) is 1.99. The Bertz CT molecular complexity index is 426. The summed E-state index contributed by atoms with van der Waals surface area (Å²) >= 11 is 0. The molecule has 1 N–H and O–H groups in total. The Balaban J connectivity index is 5.17. The highest BCUT2D eigenvalue weighted by Crippen LogP contribution is 2.16. The smallest absolute Gasteiger partial charge is 0.334 e. The lowest BCUT2D eigenvalue weighted by molar-refractivity contribution is -0.136. The predicted octanol–water partition coefficient (Wildman–Crippen LogP) is 1.44. The highest BCUT2D eigenvalue weighted by molar-refractivity contribution is 5.90. The third-order valence-corrected chi connectivity index (χ3v) is 1.99. The molecule has 0 aliphatic heterocycles. The number of rotatable bonds is 5. The van der Waals surface area contributed by atoms with Gasteiger partial charge in [0.05, 0.1) is 13.2 Å². The minimum absolute atomic E-state index is 0.0580. The average molecular weight is 235 g/mol. The van der Waals surface area contributed by atoms with Gasteiger partial charge in [0, 0.05) is 23.1 Å². The SMILES string of the molecule is C=C(C(=O)OC)C(C=CC#N)C=C(C)C(=O)O. The van der Waals surface area contributed by atoms with Gasteiger partial charge in [-0.1, -0.05) is 18.7 Å². The number of carbonyl (C=O) groups is 2. The van der Waals surface area contributed by atoms with Crippen molar-refractivity contribution >= 4 is 11.9 Å². The first-order chi connectivity index (χ1) is 7.93. The molecule has 0 fully saturated rings. The number of carbonyl (C=O) groups excluding carboxylic acids is 1. The van der Waals surface area contributed by atoms with Crippen LogP contribution in [0.4, 0.5) is 0 Å². The minimum atomic E-state index is -1.10. The predicted molar refractivity (Wildman–Crippen MR) is 60.8 cm³/mol. The van der Waals surface area contributed by atoms with Crippen molar-refractivity contribution in [2.75, 3.05) is 7.11 Å². The van der Waals surface area contributed by atoms with E-state index in [1.165, 1.54) is 26.2 Å². The van der Waals surface area contributed by atoms with E-state index >= 15 is 0 Å². The van der Waals surface area contributed by atoms with Crippen molar-refractivity contribution in [1.29, 1.82) is 5.26 Å². The molecule has 0 aliphatic carbocycles. The zero-order valence-electron chi connectivity index (χ0n) is 9.64. The Labute approximate surface area is 99.3 Å². The molecular formula is C12H13NO4. The molecule has 5 nitrogen and oxygen atoms in total. The molecule has 0 aliphatic rings. The lowest BCUT2D eigenvalue weighted by Crippen LogP contribution is -2.12. The Morgan fingerprint density at radius 3 is 2.53 bits per heavy atom. The number of ether oxygens (including phenoxy) is 1. The van der Waals surface area contributed by atoms with E-state index in [1.54, 1.807) is 6.07 Å². The number of carboxylic acids is 1. The second kappa shape index (κ2) is 7.01. The molecule has 0 aromatic carbocycles. The molecule has 0 saturated heterocycles. The first kappa shape index (κ1) is 14.6. The van der Waals surface area contributed by atoms with Crippen LogP contribution >= 0.6 is 0 Å². The van der Waals surface area contributed by atoms with E-state index in [9.17, 15) is 9.59 Å². The van der Waals surface area contributed by atoms with Crippen LogP contribution in [-0.4, -0.2) is 24.2 Å². The first-order valence-electron chi connectivity index (χ1n) is 4.69. The Morgan fingerprint density at radius 2 is 2.12 bits per heavy atom. The second-order valence-corrected chi connectivity index (χ2v) is 3.19.